The van der Waals surface area contributed by atoms with Crippen LogP contribution >= 0.6 is 0 Å². The van der Waals surface area contributed by atoms with Crippen LogP contribution in [0.4, 0.5) is 0 Å². The number of nitrogens with zero attached hydrogens (tertiary/aromatic N) is 1. The standard InChI is InChI=1S/C14H20N2O/c1-11-9-13(17)14(2,10-16-11)6-3-12-4-7-15-8-5-12/h4-5,7-8,11,16H,3,6,9-10H2,1-2H3. The van der Waals surface area contributed by atoms with Crippen molar-refractivity contribution in [1.82, 2.24) is 10.3 Å². The number of rotatable bonds is 3. The Morgan fingerprint density at radius 2 is 2.18 bits per heavy atom. The Labute approximate surface area is 103 Å². The van der Waals surface area contributed by atoms with E-state index in [1.807, 2.05) is 12.1 Å². The van der Waals surface area contributed by atoms with Gasteiger partial charge in [-0.3, -0.25) is 9.78 Å². The van der Waals surface area contributed by atoms with Gasteiger partial charge in [0.15, 0.2) is 0 Å². The summed E-state index contributed by atoms with van der Waals surface area (Å²) in [4.78, 5) is 16.1. The van der Waals surface area contributed by atoms with Crippen molar-refractivity contribution in [3.8, 4) is 0 Å². The highest BCUT2D eigenvalue weighted by molar-refractivity contribution is 5.86. The van der Waals surface area contributed by atoms with Crippen LogP contribution in [0.5, 0.6) is 0 Å². The van der Waals surface area contributed by atoms with Crippen LogP contribution < -0.4 is 5.32 Å². The minimum absolute atomic E-state index is 0.199. The maximum absolute atomic E-state index is 12.1. The summed E-state index contributed by atoms with van der Waals surface area (Å²) in [5.74, 6) is 0.401. The molecule has 0 radical (unpaired) electrons. The van der Waals surface area contributed by atoms with E-state index in [2.05, 4.69) is 24.1 Å². The van der Waals surface area contributed by atoms with E-state index >= 15 is 0 Å². The number of nitrogens with one attached hydrogen (secondary N) is 1. The fourth-order valence-electron chi connectivity index (χ4n) is 2.29. The van der Waals surface area contributed by atoms with Gasteiger partial charge in [0.05, 0.1) is 0 Å². The summed E-state index contributed by atoms with van der Waals surface area (Å²) in [6, 6.07) is 4.37. The fraction of sp³-hybridized carbons (Fsp3) is 0.571. The zero-order valence-electron chi connectivity index (χ0n) is 10.6. The average molecular weight is 232 g/mol. The lowest BCUT2D eigenvalue weighted by molar-refractivity contribution is -0.130. The smallest absolute Gasteiger partial charge is 0.141 e. The number of carbonyl (C=O) groups excluding carboxylic acids is 1. The van der Waals surface area contributed by atoms with E-state index < -0.39 is 0 Å². The second kappa shape index (κ2) is 4.96. The molecule has 2 rings (SSSR count). The predicted molar refractivity (Wildman–Crippen MR) is 67.8 cm³/mol. The molecule has 17 heavy (non-hydrogen) atoms. The van der Waals surface area contributed by atoms with Crippen LogP contribution in [0.3, 0.4) is 0 Å². The number of aryl methyl sites for hydroxylation is 1. The Bertz CT molecular complexity index is 390. The number of Topliss-reactive ketones (excluding diaryl/α,β-unsaturated/α-hetero) is 1. The van der Waals surface area contributed by atoms with E-state index in [0.717, 1.165) is 19.4 Å². The van der Waals surface area contributed by atoms with Gasteiger partial charge in [-0.05, 0) is 37.5 Å². The van der Waals surface area contributed by atoms with Crippen molar-refractivity contribution >= 4 is 5.78 Å². The lowest BCUT2D eigenvalue weighted by atomic mass is 9.75. The number of ketones is 1. The molecule has 2 atom stereocenters. The molecule has 0 amide bonds. The van der Waals surface area contributed by atoms with Crippen molar-refractivity contribution in [1.29, 1.82) is 0 Å². The van der Waals surface area contributed by atoms with Gasteiger partial charge < -0.3 is 5.32 Å². The van der Waals surface area contributed by atoms with E-state index in [1.54, 1.807) is 12.4 Å². The Kier molecular flexibility index (Phi) is 3.57. The molecule has 3 nitrogen and oxygen atoms in total. The van der Waals surface area contributed by atoms with E-state index in [9.17, 15) is 4.79 Å². The molecule has 1 saturated heterocycles. The second-order valence-corrected chi connectivity index (χ2v) is 5.33. The van der Waals surface area contributed by atoms with Gasteiger partial charge in [0.1, 0.15) is 5.78 Å². The Morgan fingerprint density at radius 3 is 2.82 bits per heavy atom. The summed E-state index contributed by atoms with van der Waals surface area (Å²) in [5.41, 5.74) is 1.06. The molecule has 0 saturated carbocycles. The van der Waals surface area contributed by atoms with E-state index in [1.165, 1.54) is 5.56 Å². The first-order valence-corrected chi connectivity index (χ1v) is 6.26. The third kappa shape index (κ3) is 2.91. The molecule has 92 valence electrons. The van der Waals surface area contributed by atoms with E-state index in [0.29, 0.717) is 18.2 Å². The van der Waals surface area contributed by atoms with Gasteiger partial charge >= 0.3 is 0 Å². The summed E-state index contributed by atoms with van der Waals surface area (Å²) < 4.78 is 0. The van der Waals surface area contributed by atoms with Gasteiger partial charge in [0.2, 0.25) is 0 Å². The molecular weight excluding hydrogens is 212 g/mol. The van der Waals surface area contributed by atoms with Gasteiger partial charge in [-0.1, -0.05) is 6.92 Å². The largest absolute Gasteiger partial charge is 0.313 e. The molecule has 1 aromatic heterocycles. The number of aromatic nitrogens is 1. The fourth-order valence-corrected chi connectivity index (χ4v) is 2.29. The van der Waals surface area contributed by atoms with Crippen LogP contribution in [0.1, 0.15) is 32.3 Å². The van der Waals surface area contributed by atoms with Crippen LogP contribution in [0, 0.1) is 5.41 Å². The van der Waals surface area contributed by atoms with Crippen LogP contribution in [0.15, 0.2) is 24.5 Å². The molecule has 1 fully saturated rings. The minimum Gasteiger partial charge on any atom is -0.313 e. The summed E-state index contributed by atoms with van der Waals surface area (Å²) in [5, 5.41) is 3.41. The Hall–Kier alpha value is -1.22. The first kappa shape index (κ1) is 12.2. The van der Waals surface area contributed by atoms with Gasteiger partial charge in [-0.25, -0.2) is 0 Å². The van der Waals surface area contributed by atoms with E-state index in [4.69, 9.17) is 0 Å². The van der Waals surface area contributed by atoms with Crippen LogP contribution in [-0.4, -0.2) is 23.4 Å². The summed E-state index contributed by atoms with van der Waals surface area (Å²) in [6.07, 6.45) is 6.13. The maximum Gasteiger partial charge on any atom is 0.141 e. The van der Waals surface area contributed by atoms with Gasteiger partial charge in [0, 0.05) is 36.8 Å². The molecule has 1 aliphatic heterocycles. The van der Waals surface area contributed by atoms with Crippen LogP contribution in [0.2, 0.25) is 0 Å². The van der Waals surface area contributed by atoms with Crippen molar-refractivity contribution in [3.05, 3.63) is 30.1 Å². The molecule has 0 aromatic carbocycles. The summed E-state index contributed by atoms with van der Waals surface area (Å²) in [6.45, 7) is 4.95. The van der Waals surface area contributed by atoms with Crippen LogP contribution in [0.25, 0.3) is 0 Å². The monoisotopic (exact) mass is 232 g/mol. The van der Waals surface area contributed by atoms with Gasteiger partial charge in [-0.15, -0.1) is 0 Å². The Balaban J connectivity index is 1.96. The number of piperidine rings is 1. The highest BCUT2D eigenvalue weighted by atomic mass is 16.1. The topological polar surface area (TPSA) is 42.0 Å². The molecule has 0 spiro atoms. The molecule has 3 heteroatoms. The number of carbonyl (C=O) groups is 1. The molecule has 0 bridgehead atoms. The Morgan fingerprint density at radius 1 is 1.47 bits per heavy atom. The molecular formula is C14H20N2O. The average Bonchev–Trinajstić information content (AvgIpc) is 2.34. The lowest BCUT2D eigenvalue weighted by Gasteiger charge is -2.35. The van der Waals surface area contributed by atoms with E-state index in [-0.39, 0.29) is 5.41 Å². The first-order valence-electron chi connectivity index (χ1n) is 6.26. The zero-order chi connectivity index (χ0) is 12.3. The normalized spacial score (nSPS) is 29.3. The number of pyridine rings is 1. The molecule has 1 aromatic rings. The quantitative estimate of drug-likeness (QED) is 0.866. The minimum atomic E-state index is -0.199. The SMILES string of the molecule is CC1CC(=O)C(C)(CCc2ccncc2)CN1. The summed E-state index contributed by atoms with van der Waals surface area (Å²) >= 11 is 0. The van der Waals surface area contributed by atoms with Crippen molar-refractivity contribution in [2.24, 2.45) is 5.41 Å². The molecule has 0 aliphatic carbocycles. The van der Waals surface area contributed by atoms with Crippen LogP contribution in [-0.2, 0) is 11.2 Å². The second-order valence-electron chi connectivity index (χ2n) is 5.33. The number of hydrogen-bond acceptors (Lipinski definition) is 3. The van der Waals surface area contributed by atoms with Crippen molar-refractivity contribution in [2.45, 2.75) is 39.2 Å². The molecule has 2 unspecified atom stereocenters. The molecule has 1 N–H and O–H groups in total. The molecule has 1 aliphatic rings. The highest BCUT2D eigenvalue weighted by Gasteiger charge is 2.36. The lowest BCUT2D eigenvalue weighted by Crippen LogP contribution is -2.49. The molecule has 2 heterocycles. The third-order valence-electron chi connectivity index (χ3n) is 3.72. The predicted octanol–water partition coefficient (Wildman–Crippen LogP) is 1.97. The van der Waals surface area contributed by atoms with Gasteiger partial charge in [-0.2, -0.15) is 0 Å². The summed E-state index contributed by atoms with van der Waals surface area (Å²) in [7, 11) is 0. The van der Waals surface area contributed by atoms with Crippen molar-refractivity contribution in [2.75, 3.05) is 6.54 Å². The van der Waals surface area contributed by atoms with Gasteiger partial charge in [0.25, 0.3) is 0 Å². The zero-order valence-corrected chi connectivity index (χ0v) is 10.6. The maximum atomic E-state index is 12.1. The van der Waals surface area contributed by atoms with Crippen molar-refractivity contribution < 1.29 is 4.79 Å². The highest BCUT2D eigenvalue weighted by Crippen LogP contribution is 2.29. The number of hydrogen-bond donors (Lipinski definition) is 1. The van der Waals surface area contributed by atoms with Crippen molar-refractivity contribution in [3.63, 3.8) is 0 Å². The first-order chi connectivity index (χ1) is 8.10. The third-order valence-corrected chi connectivity index (χ3v) is 3.72.